The molecular weight excluding hydrogens is 324 g/mol. The van der Waals surface area contributed by atoms with Gasteiger partial charge in [-0.25, -0.2) is 4.98 Å². The van der Waals surface area contributed by atoms with Gasteiger partial charge in [-0.15, -0.1) is 0 Å². The first-order valence-electron chi connectivity index (χ1n) is 8.64. The molecule has 5 nitrogen and oxygen atoms in total. The highest BCUT2D eigenvalue weighted by atomic mass is 16.5. The molecule has 0 amide bonds. The average molecular weight is 348 g/mol. The van der Waals surface area contributed by atoms with Crippen molar-refractivity contribution >= 4 is 17.5 Å². The van der Waals surface area contributed by atoms with Crippen molar-refractivity contribution in [1.29, 1.82) is 0 Å². The molecule has 1 aromatic heterocycles. The van der Waals surface area contributed by atoms with Crippen LogP contribution in [-0.4, -0.2) is 17.1 Å². The van der Waals surface area contributed by atoms with Crippen LogP contribution in [0.1, 0.15) is 29.8 Å². The minimum atomic E-state index is 0.111. The molecule has 2 N–H and O–H groups in total. The Morgan fingerprint density at radius 3 is 2.46 bits per heavy atom. The standard InChI is InChI=1S/C21H24N4O/c1-14-10-11-19(26-4)18(12-14)24-20-13-15(2)22-21(25-20)23-16(3)17-8-6-5-7-9-17/h5-13,16H,1-4H3,(H2,22,23,24,25). The topological polar surface area (TPSA) is 59.1 Å². The largest absolute Gasteiger partial charge is 0.495 e. The fourth-order valence-corrected chi connectivity index (χ4v) is 2.77. The predicted molar refractivity (Wildman–Crippen MR) is 106 cm³/mol. The molecule has 0 spiro atoms. The third-order valence-electron chi connectivity index (χ3n) is 4.12. The minimum absolute atomic E-state index is 0.111. The highest BCUT2D eigenvalue weighted by molar-refractivity contribution is 5.65. The Morgan fingerprint density at radius 2 is 1.73 bits per heavy atom. The van der Waals surface area contributed by atoms with E-state index in [0.717, 1.165) is 28.5 Å². The zero-order valence-corrected chi connectivity index (χ0v) is 15.6. The molecule has 3 rings (SSSR count). The zero-order valence-electron chi connectivity index (χ0n) is 15.6. The summed E-state index contributed by atoms with van der Waals surface area (Å²) in [6.07, 6.45) is 0. The first-order valence-corrected chi connectivity index (χ1v) is 8.64. The lowest BCUT2D eigenvalue weighted by Gasteiger charge is -2.16. The molecule has 5 heteroatoms. The van der Waals surface area contributed by atoms with Crippen LogP contribution in [0.25, 0.3) is 0 Å². The SMILES string of the molecule is COc1ccc(C)cc1Nc1cc(C)nc(NC(C)c2ccccc2)n1. The second-order valence-corrected chi connectivity index (χ2v) is 6.32. The fraction of sp³-hybridized carbons (Fsp3) is 0.238. The third-order valence-corrected chi connectivity index (χ3v) is 4.12. The molecule has 0 bridgehead atoms. The van der Waals surface area contributed by atoms with Crippen LogP contribution in [0, 0.1) is 13.8 Å². The number of aromatic nitrogens is 2. The van der Waals surface area contributed by atoms with Crippen LogP contribution in [0.15, 0.2) is 54.6 Å². The maximum Gasteiger partial charge on any atom is 0.225 e. The van der Waals surface area contributed by atoms with E-state index in [1.54, 1.807) is 7.11 Å². The number of aryl methyl sites for hydroxylation is 2. The Hall–Kier alpha value is -3.08. The first-order chi connectivity index (χ1) is 12.5. The van der Waals surface area contributed by atoms with Crippen LogP contribution < -0.4 is 15.4 Å². The Labute approximate surface area is 154 Å². The van der Waals surface area contributed by atoms with E-state index in [1.807, 2.05) is 56.3 Å². The maximum atomic E-state index is 5.43. The smallest absolute Gasteiger partial charge is 0.225 e. The third kappa shape index (κ3) is 4.30. The Morgan fingerprint density at radius 1 is 0.962 bits per heavy atom. The number of methoxy groups -OCH3 is 1. The summed E-state index contributed by atoms with van der Waals surface area (Å²) >= 11 is 0. The monoisotopic (exact) mass is 348 g/mol. The summed E-state index contributed by atoms with van der Waals surface area (Å²) in [5, 5.41) is 6.71. The van der Waals surface area contributed by atoms with E-state index in [-0.39, 0.29) is 6.04 Å². The van der Waals surface area contributed by atoms with Gasteiger partial charge in [0.25, 0.3) is 0 Å². The maximum absolute atomic E-state index is 5.43. The minimum Gasteiger partial charge on any atom is -0.495 e. The summed E-state index contributed by atoms with van der Waals surface area (Å²) in [5.74, 6) is 2.10. The van der Waals surface area contributed by atoms with Gasteiger partial charge >= 0.3 is 0 Å². The van der Waals surface area contributed by atoms with Crippen molar-refractivity contribution in [2.24, 2.45) is 0 Å². The first kappa shape index (κ1) is 17.7. The van der Waals surface area contributed by atoms with E-state index < -0.39 is 0 Å². The van der Waals surface area contributed by atoms with Crippen LogP contribution in [0.5, 0.6) is 5.75 Å². The van der Waals surface area contributed by atoms with Crippen molar-refractivity contribution in [3.63, 3.8) is 0 Å². The van der Waals surface area contributed by atoms with Gasteiger partial charge in [0.05, 0.1) is 18.8 Å². The van der Waals surface area contributed by atoms with Crippen LogP contribution in [0.2, 0.25) is 0 Å². The van der Waals surface area contributed by atoms with Crippen LogP contribution in [-0.2, 0) is 0 Å². The molecule has 1 unspecified atom stereocenters. The zero-order chi connectivity index (χ0) is 18.5. The normalized spacial score (nSPS) is 11.7. The molecule has 0 fully saturated rings. The van der Waals surface area contributed by atoms with E-state index in [0.29, 0.717) is 5.95 Å². The number of rotatable bonds is 6. The van der Waals surface area contributed by atoms with E-state index in [2.05, 4.69) is 39.7 Å². The summed E-state index contributed by atoms with van der Waals surface area (Å²) in [6, 6.07) is 18.3. The average Bonchev–Trinajstić information content (AvgIpc) is 2.62. The second-order valence-electron chi connectivity index (χ2n) is 6.32. The molecule has 0 radical (unpaired) electrons. The van der Waals surface area contributed by atoms with Gasteiger partial charge in [0.2, 0.25) is 5.95 Å². The van der Waals surface area contributed by atoms with Crippen molar-refractivity contribution < 1.29 is 4.74 Å². The van der Waals surface area contributed by atoms with E-state index in [4.69, 9.17) is 4.74 Å². The molecule has 0 saturated carbocycles. The van der Waals surface area contributed by atoms with Crippen LogP contribution in [0.3, 0.4) is 0 Å². The molecule has 2 aromatic carbocycles. The van der Waals surface area contributed by atoms with Gasteiger partial charge < -0.3 is 15.4 Å². The number of anilines is 3. The summed E-state index contributed by atoms with van der Waals surface area (Å²) in [7, 11) is 1.66. The van der Waals surface area contributed by atoms with Crippen molar-refractivity contribution in [2.45, 2.75) is 26.8 Å². The van der Waals surface area contributed by atoms with E-state index in [9.17, 15) is 0 Å². The van der Waals surface area contributed by atoms with Gasteiger partial charge in [-0.1, -0.05) is 36.4 Å². The van der Waals surface area contributed by atoms with Crippen LogP contribution in [0.4, 0.5) is 17.5 Å². The number of benzene rings is 2. The molecule has 26 heavy (non-hydrogen) atoms. The summed E-state index contributed by atoms with van der Waals surface area (Å²) < 4.78 is 5.43. The summed E-state index contributed by atoms with van der Waals surface area (Å²) in [6.45, 7) is 6.10. The van der Waals surface area contributed by atoms with Gasteiger partial charge in [0.15, 0.2) is 0 Å². The Bertz CT molecular complexity index is 880. The molecule has 0 aliphatic heterocycles. The molecule has 1 heterocycles. The van der Waals surface area contributed by atoms with Gasteiger partial charge in [-0.05, 0) is 44.0 Å². The number of ether oxygens (including phenoxy) is 1. The molecule has 0 aliphatic carbocycles. The van der Waals surface area contributed by atoms with Crippen LogP contribution >= 0.6 is 0 Å². The van der Waals surface area contributed by atoms with Crippen molar-refractivity contribution in [3.05, 3.63) is 71.4 Å². The van der Waals surface area contributed by atoms with Crippen molar-refractivity contribution in [3.8, 4) is 5.75 Å². The van der Waals surface area contributed by atoms with Gasteiger partial charge in [0.1, 0.15) is 11.6 Å². The molecule has 1 atom stereocenters. The molecule has 0 aliphatic rings. The van der Waals surface area contributed by atoms with E-state index >= 15 is 0 Å². The molecule has 0 saturated heterocycles. The van der Waals surface area contributed by atoms with Crippen molar-refractivity contribution in [2.75, 3.05) is 17.7 Å². The van der Waals surface area contributed by atoms with Gasteiger partial charge in [-0.3, -0.25) is 0 Å². The summed E-state index contributed by atoms with van der Waals surface area (Å²) in [4.78, 5) is 9.12. The Kier molecular flexibility index (Phi) is 5.37. The molecule has 3 aromatic rings. The quantitative estimate of drug-likeness (QED) is 0.655. The number of nitrogens with zero attached hydrogens (tertiary/aromatic N) is 2. The lowest BCUT2D eigenvalue weighted by Crippen LogP contribution is -2.11. The second kappa shape index (κ2) is 7.87. The highest BCUT2D eigenvalue weighted by Crippen LogP contribution is 2.28. The van der Waals surface area contributed by atoms with Gasteiger partial charge in [0, 0.05) is 11.8 Å². The lowest BCUT2D eigenvalue weighted by atomic mass is 10.1. The summed E-state index contributed by atoms with van der Waals surface area (Å²) in [5.41, 5.74) is 4.10. The predicted octanol–water partition coefficient (Wildman–Crippen LogP) is 5.02. The van der Waals surface area contributed by atoms with E-state index in [1.165, 1.54) is 5.56 Å². The molecule has 134 valence electrons. The Balaban J connectivity index is 1.83. The van der Waals surface area contributed by atoms with Crippen molar-refractivity contribution in [1.82, 2.24) is 9.97 Å². The fourth-order valence-electron chi connectivity index (χ4n) is 2.77. The lowest BCUT2D eigenvalue weighted by molar-refractivity contribution is 0.416. The molecular formula is C21H24N4O. The highest BCUT2D eigenvalue weighted by Gasteiger charge is 2.10. The number of hydrogen-bond acceptors (Lipinski definition) is 5. The number of nitrogens with one attached hydrogen (secondary N) is 2. The number of hydrogen-bond donors (Lipinski definition) is 2. The van der Waals surface area contributed by atoms with Gasteiger partial charge in [-0.2, -0.15) is 4.98 Å².